The van der Waals surface area contributed by atoms with Gasteiger partial charge in [0.25, 0.3) is 5.91 Å². The van der Waals surface area contributed by atoms with Gasteiger partial charge in [0.05, 0.1) is 32.1 Å². The Balaban J connectivity index is 1.63. The summed E-state index contributed by atoms with van der Waals surface area (Å²) in [4.78, 5) is 26.7. The zero-order chi connectivity index (χ0) is 23.3. The molecule has 0 aliphatic carbocycles. The molecular weight excluding hydrogens is 408 g/mol. The molecule has 8 heteroatoms. The molecule has 0 saturated carbocycles. The molecule has 1 N–H and O–H groups in total. The predicted octanol–water partition coefficient (Wildman–Crippen LogP) is 2.89. The number of nitrogens with one attached hydrogen (secondary N) is 1. The van der Waals surface area contributed by atoms with Crippen LogP contribution in [0.4, 0.5) is 0 Å². The van der Waals surface area contributed by atoms with Crippen LogP contribution in [0.3, 0.4) is 0 Å². The summed E-state index contributed by atoms with van der Waals surface area (Å²) >= 11 is 0. The van der Waals surface area contributed by atoms with Gasteiger partial charge < -0.3 is 19.7 Å². The second-order valence-corrected chi connectivity index (χ2v) is 7.40. The zero-order valence-electron chi connectivity index (χ0n) is 19.0. The molecule has 2 aromatic carbocycles. The van der Waals surface area contributed by atoms with Crippen molar-refractivity contribution in [2.24, 2.45) is 0 Å². The fraction of sp³-hybridized carbons (Fsp3) is 0.292. The summed E-state index contributed by atoms with van der Waals surface area (Å²) in [7, 11) is 4.74. The minimum atomic E-state index is -0.364. The van der Waals surface area contributed by atoms with Crippen LogP contribution in [-0.2, 0) is 11.3 Å². The number of ether oxygens (including phenoxy) is 2. The van der Waals surface area contributed by atoms with Gasteiger partial charge in [-0.2, -0.15) is 5.10 Å². The number of nitrogens with zero attached hydrogens (tertiary/aromatic N) is 3. The van der Waals surface area contributed by atoms with E-state index in [9.17, 15) is 9.59 Å². The van der Waals surface area contributed by atoms with Gasteiger partial charge in [0.1, 0.15) is 0 Å². The van der Waals surface area contributed by atoms with Crippen molar-refractivity contribution < 1.29 is 19.1 Å². The van der Waals surface area contributed by atoms with E-state index in [4.69, 9.17) is 9.47 Å². The Morgan fingerprint density at radius 3 is 2.38 bits per heavy atom. The van der Waals surface area contributed by atoms with E-state index in [2.05, 4.69) is 10.4 Å². The molecule has 0 fully saturated rings. The van der Waals surface area contributed by atoms with E-state index in [-0.39, 0.29) is 18.4 Å². The normalized spacial score (nSPS) is 10.5. The van der Waals surface area contributed by atoms with Gasteiger partial charge in [-0.3, -0.25) is 9.59 Å². The lowest BCUT2D eigenvalue weighted by atomic mass is 10.1. The first-order valence-corrected chi connectivity index (χ1v) is 10.2. The van der Waals surface area contributed by atoms with Crippen LogP contribution in [0.5, 0.6) is 11.5 Å². The van der Waals surface area contributed by atoms with Crippen molar-refractivity contribution in [1.29, 1.82) is 0 Å². The summed E-state index contributed by atoms with van der Waals surface area (Å²) in [5, 5.41) is 7.29. The van der Waals surface area contributed by atoms with E-state index in [1.807, 2.05) is 48.9 Å². The molecule has 0 saturated heterocycles. The van der Waals surface area contributed by atoms with Gasteiger partial charge in [0.2, 0.25) is 5.91 Å². The van der Waals surface area contributed by atoms with Crippen LogP contribution in [-0.4, -0.2) is 54.3 Å². The molecule has 3 aromatic rings. The summed E-state index contributed by atoms with van der Waals surface area (Å²) in [6, 6.07) is 14.7. The minimum Gasteiger partial charge on any atom is -0.493 e. The van der Waals surface area contributed by atoms with E-state index in [1.54, 1.807) is 30.1 Å². The third kappa shape index (κ3) is 4.91. The van der Waals surface area contributed by atoms with Crippen molar-refractivity contribution in [3.8, 4) is 17.2 Å². The van der Waals surface area contributed by atoms with Crippen LogP contribution in [0.2, 0.25) is 0 Å². The fourth-order valence-corrected chi connectivity index (χ4v) is 3.42. The van der Waals surface area contributed by atoms with Crippen LogP contribution in [0.15, 0.2) is 48.5 Å². The third-order valence-electron chi connectivity index (χ3n) is 5.31. The Morgan fingerprint density at radius 1 is 1.03 bits per heavy atom. The van der Waals surface area contributed by atoms with E-state index in [1.165, 1.54) is 14.2 Å². The van der Waals surface area contributed by atoms with Gasteiger partial charge in [-0.15, -0.1) is 0 Å². The maximum absolute atomic E-state index is 12.6. The quantitative estimate of drug-likeness (QED) is 0.587. The second kappa shape index (κ2) is 10.00. The Kier molecular flexibility index (Phi) is 7.14. The van der Waals surface area contributed by atoms with Crippen molar-refractivity contribution in [1.82, 2.24) is 20.0 Å². The molecule has 0 radical (unpaired) electrons. The fourth-order valence-electron chi connectivity index (χ4n) is 3.42. The first-order valence-electron chi connectivity index (χ1n) is 10.2. The summed E-state index contributed by atoms with van der Waals surface area (Å²) in [6.45, 7) is 4.20. The van der Waals surface area contributed by atoms with Crippen molar-refractivity contribution >= 4 is 11.8 Å². The lowest BCUT2D eigenvalue weighted by molar-refractivity contribution is -0.129. The number of methoxy groups -OCH3 is 2. The molecule has 1 aromatic heterocycles. The van der Waals surface area contributed by atoms with Gasteiger partial charge in [-0.25, -0.2) is 4.68 Å². The number of hydrogen-bond acceptors (Lipinski definition) is 5. The zero-order valence-corrected chi connectivity index (χ0v) is 19.0. The molecule has 0 spiro atoms. The van der Waals surface area contributed by atoms with E-state index in [0.717, 1.165) is 22.6 Å². The molecule has 0 atom stereocenters. The van der Waals surface area contributed by atoms with Crippen LogP contribution in [0, 0.1) is 13.8 Å². The van der Waals surface area contributed by atoms with E-state index in [0.29, 0.717) is 23.6 Å². The van der Waals surface area contributed by atoms with Crippen molar-refractivity contribution in [2.75, 3.05) is 27.8 Å². The first-order chi connectivity index (χ1) is 15.3. The molecule has 0 unspecified atom stereocenters. The number of likely N-dealkylation sites (N-methyl/N-ethyl adjacent to an activating group) is 1. The number of para-hydroxylation sites is 1. The van der Waals surface area contributed by atoms with E-state index < -0.39 is 0 Å². The molecular formula is C24H28N4O4. The second-order valence-electron chi connectivity index (χ2n) is 7.40. The topological polar surface area (TPSA) is 85.7 Å². The molecule has 32 heavy (non-hydrogen) atoms. The van der Waals surface area contributed by atoms with Gasteiger partial charge in [-0.05, 0) is 44.2 Å². The number of carbonyl (C=O) groups is 2. The molecule has 0 bridgehead atoms. The standard InChI is InChI=1S/C24H28N4O4/c1-16-20(17(2)28(26-16)19-9-7-6-8-10-19)15-27(3)23(29)14-25-24(30)18-11-12-21(31-4)22(13-18)32-5/h6-13H,14-15H2,1-5H3,(H,25,30). The molecule has 0 aliphatic heterocycles. The van der Waals surface area contributed by atoms with Crippen LogP contribution >= 0.6 is 0 Å². The number of amides is 2. The van der Waals surface area contributed by atoms with E-state index >= 15 is 0 Å². The summed E-state index contributed by atoms with van der Waals surface area (Å²) < 4.78 is 12.3. The van der Waals surface area contributed by atoms with Crippen LogP contribution in [0.25, 0.3) is 5.69 Å². The molecule has 1 heterocycles. The highest BCUT2D eigenvalue weighted by Gasteiger charge is 2.18. The lowest BCUT2D eigenvalue weighted by Crippen LogP contribution is -2.38. The largest absolute Gasteiger partial charge is 0.493 e. The average Bonchev–Trinajstić information content (AvgIpc) is 3.10. The summed E-state index contributed by atoms with van der Waals surface area (Å²) in [5.41, 5.74) is 4.17. The molecule has 8 nitrogen and oxygen atoms in total. The van der Waals surface area contributed by atoms with Gasteiger partial charge in [0, 0.05) is 30.4 Å². The smallest absolute Gasteiger partial charge is 0.251 e. The number of rotatable bonds is 8. The number of aryl methyl sites for hydroxylation is 1. The van der Waals surface area contributed by atoms with Gasteiger partial charge >= 0.3 is 0 Å². The van der Waals surface area contributed by atoms with Crippen molar-refractivity contribution in [2.45, 2.75) is 20.4 Å². The molecule has 168 valence electrons. The number of hydrogen-bond donors (Lipinski definition) is 1. The highest BCUT2D eigenvalue weighted by atomic mass is 16.5. The molecule has 3 rings (SSSR count). The highest BCUT2D eigenvalue weighted by molar-refractivity contribution is 5.97. The van der Waals surface area contributed by atoms with Crippen molar-refractivity contribution in [3.05, 3.63) is 71.0 Å². The maximum Gasteiger partial charge on any atom is 0.251 e. The minimum absolute atomic E-state index is 0.116. The Morgan fingerprint density at radius 2 is 1.72 bits per heavy atom. The summed E-state index contributed by atoms with van der Waals surface area (Å²) in [5.74, 6) is 0.411. The Bertz CT molecular complexity index is 1110. The third-order valence-corrected chi connectivity index (χ3v) is 5.31. The van der Waals surface area contributed by atoms with Crippen molar-refractivity contribution in [3.63, 3.8) is 0 Å². The van der Waals surface area contributed by atoms with Gasteiger partial charge in [0.15, 0.2) is 11.5 Å². The monoisotopic (exact) mass is 436 g/mol. The predicted molar refractivity (Wildman–Crippen MR) is 121 cm³/mol. The SMILES string of the molecule is COc1ccc(C(=O)NCC(=O)N(C)Cc2c(C)nn(-c3ccccc3)c2C)cc1OC. The molecule has 0 aliphatic rings. The Hall–Kier alpha value is -3.81. The Labute approximate surface area is 187 Å². The lowest BCUT2D eigenvalue weighted by Gasteiger charge is -2.18. The first kappa shape index (κ1) is 22.9. The van der Waals surface area contributed by atoms with Gasteiger partial charge in [-0.1, -0.05) is 18.2 Å². The maximum atomic E-state index is 12.6. The van der Waals surface area contributed by atoms with Crippen LogP contribution in [0.1, 0.15) is 27.3 Å². The number of benzene rings is 2. The number of aromatic nitrogens is 2. The summed E-state index contributed by atoms with van der Waals surface area (Å²) in [6.07, 6.45) is 0. The number of carbonyl (C=O) groups excluding carboxylic acids is 2. The highest BCUT2D eigenvalue weighted by Crippen LogP contribution is 2.27. The average molecular weight is 437 g/mol. The van der Waals surface area contributed by atoms with Crippen LogP contribution < -0.4 is 14.8 Å². The molecule has 2 amide bonds.